The predicted octanol–water partition coefficient (Wildman–Crippen LogP) is 1.95. The molecule has 1 saturated heterocycles. The standard InChI is InChI=1S/C26H28N4O6/c1-14-28-18-12-21(35-4)20(34-3)11-16(18)24(32)29(14)9-10-30-25(33)22(23(27)31)17-13-26(30,2)36-19-8-6-5-7-15(17)19/h5-8,11-12,17,22H,9-10,13H2,1-4H3,(H2,27,31)/t17-,22-,26+/m0/s1. The summed E-state index contributed by atoms with van der Waals surface area (Å²) in [6.45, 7) is 3.85. The first-order valence-corrected chi connectivity index (χ1v) is 11.7. The Labute approximate surface area is 207 Å². The summed E-state index contributed by atoms with van der Waals surface area (Å²) in [5, 5.41) is 0.368. The van der Waals surface area contributed by atoms with Gasteiger partial charge in [0.2, 0.25) is 11.8 Å². The molecule has 5 rings (SSSR count). The number of nitrogens with two attached hydrogens (primary N) is 1. The van der Waals surface area contributed by atoms with Gasteiger partial charge in [0, 0.05) is 31.5 Å². The molecule has 10 nitrogen and oxygen atoms in total. The van der Waals surface area contributed by atoms with E-state index in [1.807, 2.05) is 31.2 Å². The number of likely N-dealkylation sites (tertiary alicyclic amines) is 1. The van der Waals surface area contributed by atoms with E-state index in [1.54, 1.807) is 19.1 Å². The highest BCUT2D eigenvalue weighted by Gasteiger charge is 2.55. The van der Waals surface area contributed by atoms with Crippen LogP contribution in [0.1, 0.15) is 30.7 Å². The van der Waals surface area contributed by atoms with Gasteiger partial charge in [-0.3, -0.25) is 19.0 Å². The zero-order valence-corrected chi connectivity index (χ0v) is 20.6. The van der Waals surface area contributed by atoms with Crippen molar-refractivity contribution < 1.29 is 23.8 Å². The molecular formula is C26H28N4O6. The molecule has 2 amide bonds. The van der Waals surface area contributed by atoms with E-state index in [0.29, 0.717) is 40.4 Å². The van der Waals surface area contributed by atoms with Gasteiger partial charge in [-0.15, -0.1) is 0 Å². The van der Waals surface area contributed by atoms with Gasteiger partial charge in [-0.25, -0.2) is 4.98 Å². The van der Waals surface area contributed by atoms with Crippen molar-refractivity contribution in [2.45, 2.75) is 38.5 Å². The fraction of sp³-hybridized carbons (Fsp3) is 0.385. The van der Waals surface area contributed by atoms with Crippen LogP contribution in [0.15, 0.2) is 41.2 Å². The van der Waals surface area contributed by atoms with Crippen LogP contribution in [-0.4, -0.2) is 52.8 Å². The molecule has 1 fully saturated rings. The number of ether oxygens (including phenoxy) is 3. The summed E-state index contributed by atoms with van der Waals surface area (Å²) in [7, 11) is 3.01. The van der Waals surface area contributed by atoms with Crippen LogP contribution in [-0.2, 0) is 16.1 Å². The number of hydrogen-bond acceptors (Lipinski definition) is 7. The summed E-state index contributed by atoms with van der Waals surface area (Å²) in [5.74, 6) is -0.444. The summed E-state index contributed by atoms with van der Waals surface area (Å²) in [5.41, 5.74) is 5.74. The van der Waals surface area contributed by atoms with Gasteiger partial charge >= 0.3 is 0 Å². The van der Waals surface area contributed by atoms with E-state index in [0.717, 1.165) is 5.56 Å². The van der Waals surface area contributed by atoms with Crippen LogP contribution in [0, 0.1) is 12.8 Å². The molecule has 3 aromatic rings. The fourth-order valence-electron chi connectivity index (χ4n) is 5.50. The number of primary amides is 1. The molecule has 2 aliphatic rings. The highest BCUT2D eigenvalue weighted by molar-refractivity contribution is 6.01. The first kappa shape index (κ1) is 23.7. The second-order valence-electron chi connectivity index (χ2n) is 9.34. The number of aryl methyl sites for hydroxylation is 1. The summed E-state index contributed by atoms with van der Waals surface area (Å²) >= 11 is 0. The van der Waals surface area contributed by atoms with Crippen LogP contribution in [0.25, 0.3) is 10.9 Å². The van der Waals surface area contributed by atoms with Crippen LogP contribution >= 0.6 is 0 Å². The van der Waals surface area contributed by atoms with E-state index in [-0.39, 0.29) is 24.6 Å². The summed E-state index contributed by atoms with van der Waals surface area (Å²) < 4.78 is 18.5. The quantitative estimate of drug-likeness (QED) is 0.521. The van der Waals surface area contributed by atoms with Crippen molar-refractivity contribution in [3.05, 3.63) is 58.1 Å². The highest BCUT2D eigenvalue weighted by atomic mass is 16.5. The van der Waals surface area contributed by atoms with Crippen molar-refractivity contribution in [2.75, 3.05) is 20.8 Å². The molecule has 2 N–H and O–H groups in total. The normalized spacial score (nSPS) is 22.7. The molecule has 188 valence electrons. The van der Waals surface area contributed by atoms with Gasteiger partial charge in [0.25, 0.3) is 5.56 Å². The Bertz CT molecular complexity index is 1450. The number of carbonyl (C=O) groups is 2. The Kier molecular flexibility index (Phi) is 5.61. The van der Waals surface area contributed by atoms with E-state index >= 15 is 0 Å². The number of rotatable bonds is 6. The lowest BCUT2D eigenvalue weighted by Gasteiger charge is -2.52. The van der Waals surface area contributed by atoms with Gasteiger partial charge in [0.15, 0.2) is 17.2 Å². The number of aromatic nitrogens is 2. The van der Waals surface area contributed by atoms with E-state index in [9.17, 15) is 14.4 Å². The van der Waals surface area contributed by atoms with Crippen molar-refractivity contribution in [3.8, 4) is 17.2 Å². The predicted molar refractivity (Wildman–Crippen MR) is 131 cm³/mol. The number of nitrogens with zero attached hydrogens (tertiary/aromatic N) is 3. The number of carbonyl (C=O) groups excluding carboxylic acids is 2. The fourth-order valence-corrected chi connectivity index (χ4v) is 5.50. The number of benzene rings is 2. The molecule has 0 aliphatic carbocycles. The van der Waals surface area contributed by atoms with Crippen LogP contribution < -0.4 is 25.5 Å². The van der Waals surface area contributed by atoms with Crippen molar-refractivity contribution in [3.63, 3.8) is 0 Å². The van der Waals surface area contributed by atoms with Gasteiger partial charge in [0.1, 0.15) is 17.5 Å². The molecule has 10 heteroatoms. The van der Waals surface area contributed by atoms with Crippen LogP contribution in [0.2, 0.25) is 0 Å². The minimum atomic E-state index is -1.01. The maximum atomic E-state index is 13.6. The molecule has 0 saturated carbocycles. The minimum absolute atomic E-state index is 0.134. The maximum absolute atomic E-state index is 13.6. The SMILES string of the molecule is COc1cc2nc(C)n(CCN3C(=O)[C@H](C(N)=O)[C@H]4C[C@@]3(C)Oc3ccccc34)c(=O)c2cc1OC. The Hall–Kier alpha value is -4.08. The second-order valence-corrected chi connectivity index (χ2v) is 9.34. The lowest BCUT2D eigenvalue weighted by molar-refractivity contribution is -0.175. The molecule has 36 heavy (non-hydrogen) atoms. The van der Waals surface area contributed by atoms with Gasteiger partial charge in [-0.05, 0) is 31.5 Å². The van der Waals surface area contributed by atoms with Crippen molar-refractivity contribution in [2.24, 2.45) is 11.7 Å². The Morgan fingerprint density at radius 2 is 1.86 bits per heavy atom. The average molecular weight is 493 g/mol. The van der Waals surface area contributed by atoms with Crippen molar-refractivity contribution in [1.82, 2.24) is 14.5 Å². The first-order chi connectivity index (χ1) is 17.2. The van der Waals surface area contributed by atoms with Gasteiger partial charge in [-0.2, -0.15) is 0 Å². The third-order valence-electron chi connectivity index (χ3n) is 7.26. The maximum Gasteiger partial charge on any atom is 0.261 e. The van der Waals surface area contributed by atoms with Crippen molar-refractivity contribution >= 4 is 22.7 Å². The van der Waals surface area contributed by atoms with Gasteiger partial charge in [0.05, 0.1) is 25.1 Å². The van der Waals surface area contributed by atoms with Crippen LogP contribution in [0.5, 0.6) is 17.2 Å². The lowest BCUT2D eigenvalue weighted by Crippen LogP contribution is -2.65. The number of methoxy groups -OCH3 is 2. The number of amides is 2. The largest absolute Gasteiger partial charge is 0.493 e. The summed E-state index contributed by atoms with van der Waals surface area (Å²) in [4.78, 5) is 45.5. The van der Waals surface area contributed by atoms with Gasteiger partial charge in [-0.1, -0.05) is 18.2 Å². The molecule has 3 atom stereocenters. The lowest BCUT2D eigenvalue weighted by atomic mass is 9.73. The third kappa shape index (κ3) is 3.55. The topological polar surface area (TPSA) is 126 Å². The van der Waals surface area contributed by atoms with E-state index in [1.165, 1.54) is 23.7 Å². The molecule has 3 heterocycles. The van der Waals surface area contributed by atoms with E-state index in [2.05, 4.69) is 4.98 Å². The first-order valence-electron chi connectivity index (χ1n) is 11.7. The van der Waals surface area contributed by atoms with Crippen LogP contribution in [0.4, 0.5) is 0 Å². The number of hydrogen-bond donors (Lipinski definition) is 1. The van der Waals surface area contributed by atoms with Crippen LogP contribution in [0.3, 0.4) is 0 Å². The third-order valence-corrected chi connectivity index (χ3v) is 7.26. The smallest absolute Gasteiger partial charge is 0.261 e. The summed E-state index contributed by atoms with van der Waals surface area (Å²) in [6, 6.07) is 10.7. The molecule has 0 unspecified atom stereocenters. The highest BCUT2D eigenvalue weighted by Crippen LogP contribution is 2.49. The zero-order valence-electron chi connectivity index (χ0n) is 20.6. The average Bonchev–Trinajstić information content (AvgIpc) is 2.84. The Morgan fingerprint density at radius 3 is 2.56 bits per heavy atom. The molecule has 2 bridgehead atoms. The van der Waals surface area contributed by atoms with E-state index < -0.39 is 23.5 Å². The summed E-state index contributed by atoms with van der Waals surface area (Å²) in [6.07, 6.45) is 0.421. The van der Waals surface area contributed by atoms with E-state index in [4.69, 9.17) is 19.9 Å². The molecule has 0 spiro atoms. The molecule has 2 aromatic carbocycles. The van der Waals surface area contributed by atoms with Gasteiger partial charge < -0.3 is 24.8 Å². The monoisotopic (exact) mass is 492 g/mol. The number of fused-ring (bicyclic) bond motifs is 5. The molecule has 2 aliphatic heterocycles. The Balaban J connectivity index is 1.52. The Morgan fingerprint density at radius 1 is 1.17 bits per heavy atom. The molecular weight excluding hydrogens is 464 g/mol. The molecule has 0 radical (unpaired) electrons. The van der Waals surface area contributed by atoms with Crippen molar-refractivity contribution in [1.29, 1.82) is 0 Å². The molecule has 1 aromatic heterocycles. The second kappa shape index (κ2) is 8.54. The number of para-hydroxylation sites is 1. The minimum Gasteiger partial charge on any atom is -0.493 e. The zero-order chi connectivity index (χ0) is 25.8. The number of piperidine rings is 1.